The Balaban J connectivity index is 2.29. The maximum Gasteiger partial charge on any atom is 0.0898 e. The Labute approximate surface area is 131 Å². The lowest BCUT2D eigenvalue weighted by Gasteiger charge is -2.14. The summed E-state index contributed by atoms with van der Waals surface area (Å²) in [5.74, 6) is 5.71. The molecule has 5 nitrogen and oxygen atoms in total. The molecule has 0 aliphatic rings. The summed E-state index contributed by atoms with van der Waals surface area (Å²) in [5, 5.41) is 7.73. The van der Waals surface area contributed by atoms with Gasteiger partial charge >= 0.3 is 0 Å². The van der Waals surface area contributed by atoms with E-state index in [0.717, 1.165) is 45.9 Å². The van der Waals surface area contributed by atoms with Crippen LogP contribution in [0.5, 0.6) is 0 Å². The highest BCUT2D eigenvalue weighted by molar-refractivity contribution is 9.10. The van der Waals surface area contributed by atoms with Crippen molar-refractivity contribution in [3.8, 4) is 0 Å². The van der Waals surface area contributed by atoms with E-state index in [2.05, 4.69) is 50.7 Å². The summed E-state index contributed by atoms with van der Waals surface area (Å²) in [6.07, 6.45) is 1.68. The molecule has 20 heavy (non-hydrogen) atoms. The number of aryl methyl sites for hydroxylation is 3. The topological polar surface area (TPSA) is 68.8 Å². The van der Waals surface area contributed by atoms with Crippen LogP contribution in [-0.2, 0) is 19.4 Å². The smallest absolute Gasteiger partial charge is 0.0898 e. The highest BCUT2D eigenvalue weighted by Gasteiger charge is 2.20. The fourth-order valence-corrected chi connectivity index (χ4v) is 3.59. The molecule has 0 aliphatic heterocycles. The standard InChI is InChI=1S/C13H20BrN5S/c1-4-9-13(14)12(19(5-2)18-9)6-10(17-15)11-7-20-8(3)16-11/h7,10,17H,4-6,15H2,1-3H3. The molecule has 2 rings (SSSR count). The van der Waals surface area contributed by atoms with Gasteiger partial charge in [0, 0.05) is 18.3 Å². The maximum absolute atomic E-state index is 5.71. The highest BCUT2D eigenvalue weighted by Crippen LogP contribution is 2.27. The number of hydrazine groups is 1. The number of halogens is 1. The Hall–Kier alpha value is -0.760. The average Bonchev–Trinajstić information content (AvgIpc) is 3.00. The molecule has 2 heterocycles. The van der Waals surface area contributed by atoms with E-state index in [0.29, 0.717) is 0 Å². The average molecular weight is 358 g/mol. The van der Waals surface area contributed by atoms with Crippen molar-refractivity contribution in [1.82, 2.24) is 20.2 Å². The van der Waals surface area contributed by atoms with E-state index in [4.69, 9.17) is 5.84 Å². The lowest BCUT2D eigenvalue weighted by molar-refractivity contribution is 0.507. The lowest BCUT2D eigenvalue weighted by Crippen LogP contribution is -2.30. The number of hydrogen-bond donors (Lipinski definition) is 2. The summed E-state index contributed by atoms with van der Waals surface area (Å²) in [7, 11) is 0. The van der Waals surface area contributed by atoms with Crippen LogP contribution in [0.15, 0.2) is 9.85 Å². The Morgan fingerprint density at radius 1 is 1.50 bits per heavy atom. The normalized spacial score (nSPS) is 12.8. The maximum atomic E-state index is 5.71. The molecule has 0 bridgehead atoms. The molecule has 0 radical (unpaired) electrons. The minimum absolute atomic E-state index is 0.00274. The highest BCUT2D eigenvalue weighted by atomic mass is 79.9. The second-order valence-corrected chi connectivity index (χ2v) is 6.45. The molecule has 2 aromatic heterocycles. The number of thiazole rings is 1. The number of rotatable bonds is 6. The molecule has 0 fully saturated rings. The van der Waals surface area contributed by atoms with Gasteiger partial charge in [-0.1, -0.05) is 6.92 Å². The third-order valence-electron chi connectivity index (χ3n) is 3.29. The molecular weight excluding hydrogens is 338 g/mol. The van der Waals surface area contributed by atoms with Gasteiger partial charge in [-0.25, -0.2) is 4.98 Å². The van der Waals surface area contributed by atoms with Crippen molar-refractivity contribution in [3.63, 3.8) is 0 Å². The van der Waals surface area contributed by atoms with Crippen molar-refractivity contribution >= 4 is 27.3 Å². The van der Waals surface area contributed by atoms with Gasteiger partial charge in [-0.05, 0) is 36.2 Å². The van der Waals surface area contributed by atoms with Gasteiger partial charge in [0.15, 0.2) is 0 Å². The number of nitrogens with two attached hydrogens (primary N) is 1. The van der Waals surface area contributed by atoms with Crippen LogP contribution in [0, 0.1) is 6.92 Å². The number of hydrogen-bond acceptors (Lipinski definition) is 5. The third-order valence-corrected chi connectivity index (χ3v) is 4.99. The molecule has 3 N–H and O–H groups in total. The molecule has 0 aliphatic carbocycles. The largest absolute Gasteiger partial charge is 0.271 e. The number of nitrogens with one attached hydrogen (secondary N) is 1. The predicted octanol–water partition coefficient (Wildman–Crippen LogP) is 2.74. The van der Waals surface area contributed by atoms with Crippen molar-refractivity contribution in [2.75, 3.05) is 0 Å². The molecule has 0 saturated carbocycles. The van der Waals surface area contributed by atoms with Crippen molar-refractivity contribution in [2.24, 2.45) is 5.84 Å². The monoisotopic (exact) mass is 357 g/mol. The first-order valence-electron chi connectivity index (χ1n) is 6.72. The van der Waals surface area contributed by atoms with Crippen LogP contribution < -0.4 is 11.3 Å². The minimum Gasteiger partial charge on any atom is -0.271 e. The quantitative estimate of drug-likeness (QED) is 0.615. The first-order chi connectivity index (χ1) is 9.60. The third kappa shape index (κ3) is 3.11. The van der Waals surface area contributed by atoms with Crippen LogP contribution in [0.3, 0.4) is 0 Å². The summed E-state index contributed by atoms with van der Waals surface area (Å²) in [6, 6.07) is 0.00274. The van der Waals surface area contributed by atoms with E-state index in [1.54, 1.807) is 11.3 Å². The Kier molecular flexibility index (Phi) is 5.31. The SMILES string of the molecule is CCc1nn(CC)c(CC(NN)c2csc(C)n2)c1Br. The van der Waals surface area contributed by atoms with Gasteiger partial charge < -0.3 is 0 Å². The summed E-state index contributed by atoms with van der Waals surface area (Å²) in [5.41, 5.74) is 6.11. The Morgan fingerprint density at radius 2 is 2.25 bits per heavy atom. The fraction of sp³-hybridized carbons (Fsp3) is 0.538. The molecule has 2 aromatic rings. The molecule has 1 atom stereocenters. The fourth-order valence-electron chi connectivity index (χ4n) is 2.19. The number of aromatic nitrogens is 3. The Morgan fingerprint density at radius 3 is 2.75 bits per heavy atom. The van der Waals surface area contributed by atoms with Crippen molar-refractivity contribution in [1.29, 1.82) is 0 Å². The lowest BCUT2D eigenvalue weighted by atomic mass is 10.1. The second-order valence-electron chi connectivity index (χ2n) is 4.59. The van der Waals surface area contributed by atoms with Gasteiger partial charge in [-0.2, -0.15) is 5.10 Å². The van der Waals surface area contributed by atoms with Crippen LogP contribution >= 0.6 is 27.3 Å². The van der Waals surface area contributed by atoms with Gasteiger partial charge in [-0.15, -0.1) is 11.3 Å². The first-order valence-corrected chi connectivity index (χ1v) is 8.40. The van der Waals surface area contributed by atoms with E-state index in [1.807, 2.05) is 11.6 Å². The van der Waals surface area contributed by atoms with E-state index in [9.17, 15) is 0 Å². The molecule has 110 valence electrons. The van der Waals surface area contributed by atoms with Crippen LogP contribution in [-0.4, -0.2) is 14.8 Å². The molecule has 7 heteroatoms. The minimum atomic E-state index is 0.00274. The van der Waals surface area contributed by atoms with E-state index in [1.165, 1.54) is 0 Å². The zero-order valence-electron chi connectivity index (χ0n) is 12.0. The zero-order chi connectivity index (χ0) is 14.7. The summed E-state index contributed by atoms with van der Waals surface area (Å²) < 4.78 is 3.13. The molecule has 0 aromatic carbocycles. The summed E-state index contributed by atoms with van der Waals surface area (Å²) in [4.78, 5) is 4.52. The zero-order valence-corrected chi connectivity index (χ0v) is 14.4. The summed E-state index contributed by atoms with van der Waals surface area (Å²) in [6.45, 7) is 7.06. The van der Waals surface area contributed by atoms with Crippen molar-refractivity contribution in [2.45, 2.75) is 46.2 Å². The summed E-state index contributed by atoms with van der Waals surface area (Å²) >= 11 is 5.31. The van der Waals surface area contributed by atoms with E-state index in [-0.39, 0.29) is 6.04 Å². The van der Waals surface area contributed by atoms with E-state index < -0.39 is 0 Å². The predicted molar refractivity (Wildman–Crippen MR) is 85.6 cm³/mol. The Bertz CT molecular complexity index is 577. The van der Waals surface area contributed by atoms with Crippen LogP contribution in [0.25, 0.3) is 0 Å². The van der Waals surface area contributed by atoms with Crippen molar-refractivity contribution in [3.05, 3.63) is 31.9 Å². The second kappa shape index (κ2) is 6.80. The van der Waals surface area contributed by atoms with Crippen LogP contribution in [0.2, 0.25) is 0 Å². The van der Waals surface area contributed by atoms with Gasteiger partial charge in [0.25, 0.3) is 0 Å². The molecule has 1 unspecified atom stereocenters. The number of nitrogens with zero attached hydrogens (tertiary/aromatic N) is 3. The first kappa shape index (κ1) is 15.6. The van der Waals surface area contributed by atoms with Crippen LogP contribution in [0.4, 0.5) is 0 Å². The van der Waals surface area contributed by atoms with Gasteiger partial charge in [-0.3, -0.25) is 16.0 Å². The van der Waals surface area contributed by atoms with Gasteiger partial charge in [0.2, 0.25) is 0 Å². The molecular formula is C13H20BrN5S. The van der Waals surface area contributed by atoms with Gasteiger partial charge in [0.05, 0.1) is 32.6 Å². The van der Waals surface area contributed by atoms with E-state index >= 15 is 0 Å². The molecule has 0 amide bonds. The van der Waals surface area contributed by atoms with Gasteiger partial charge in [0.1, 0.15) is 0 Å². The van der Waals surface area contributed by atoms with Crippen LogP contribution in [0.1, 0.15) is 42.0 Å². The van der Waals surface area contributed by atoms with Crippen molar-refractivity contribution < 1.29 is 0 Å². The molecule has 0 spiro atoms. The molecule has 0 saturated heterocycles.